The zero-order valence-corrected chi connectivity index (χ0v) is 11.5. The Morgan fingerprint density at radius 2 is 2.00 bits per heavy atom. The number of hydrogen-bond donors (Lipinski definition) is 1. The first-order valence-corrected chi connectivity index (χ1v) is 7.31. The van der Waals surface area contributed by atoms with Gasteiger partial charge in [0.15, 0.2) is 0 Å². The van der Waals surface area contributed by atoms with Gasteiger partial charge in [-0.3, -0.25) is 0 Å². The minimum Gasteiger partial charge on any atom is -0.381 e. The van der Waals surface area contributed by atoms with Gasteiger partial charge in [-0.1, -0.05) is 0 Å². The van der Waals surface area contributed by atoms with Gasteiger partial charge in [-0.25, -0.2) is 0 Å². The van der Waals surface area contributed by atoms with E-state index in [4.69, 9.17) is 4.74 Å². The van der Waals surface area contributed by atoms with Gasteiger partial charge in [-0.15, -0.1) is 0 Å². The standard InChI is InChI=1S/C14H28N2O/c1-12(2)16-8-4-14(5-9-16)15-7-3-13-6-10-17-11-13/h12-15H,3-11H2,1-2H3. The predicted octanol–water partition coefficient (Wildman–Crippen LogP) is 1.88. The normalized spacial score (nSPS) is 28.1. The summed E-state index contributed by atoms with van der Waals surface area (Å²) in [6.45, 7) is 10.3. The van der Waals surface area contributed by atoms with E-state index in [-0.39, 0.29) is 0 Å². The first kappa shape index (κ1) is 13.3. The number of hydrogen-bond acceptors (Lipinski definition) is 3. The van der Waals surface area contributed by atoms with E-state index in [0.717, 1.165) is 25.2 Å². The molecule has 100 valence electrons. The van der Waals surface area contributed by atoms with Gasteiger partial charge in [0.05, 0.1) is 0 Å². The molecule has 17 heavy (non-hydrogen) atoms. The second-order valence-corrected chi connectivity index (χ2v) is 5.88. The lowest BCUT2D eigenvalue weighted by molar-refractivity contribution is 0.159. The average Bonchev–Trinajstić information content (AvgIpc) is 2.83. The molecule has 0 bridgehead atoms. The molecule has 0 aromatic carbocycles. The molecule has 3 nitrogen and oxygen atoms in total. The van der Waals surface area contributed by atoms with E-state index in [1.165, 1.54) is 45.3 Å². The minimum atomic E-state index is 0.714. The molecule has 2 fully saturated rings. The van der Waals surface area contributed by atoms with Gasteiger partial charge in [0.25, 0.3) is 0 Å². The topological polar surface area (TPSA) is 24.5 Å². The summed E-state index contributed by atoms with van der Waals surface area (Å²) in [5, 5.41) is 3.73. The number of nitrogens with zero attached hydrogens (tertiary/aromatic N) is 1. The van der Waals surface area contributed by atoms with Crippen molar-refractivity contribution in [3.8, 4) is 0 Å². The molecule has 0 aliphatic carbocycles. The van der Waals surface area contributed by atoms with Crippen LogP contribution in [0.5, 0.6) is 0 Å². The van der Waals surface area contributed by atoms with E-state index in [0.29, 0.717) is 6.04 Å². The monoisotopic (exact) mass is 240 g/mol. The van der Waals surface area contributed by atoms with Crippen molar-refractivity contribution in [3.05, 3.63) is 0 Å². The number of ether oxygens (including phenoxy) is 1. The molecule has 3 heteroatoms. The molecule has 0 aromatic rings. The molecule has 0 saturated carbocycles. The van der Waals surface area contributed by atoms with Crippen molar-refractivity contribution in [2.24, 2.45) is 5.92 Å². The summed E-state index contributed by atoms with van der Waals surface area (Å²) < 4.78 is 5.41. The van der Waals surface area contributed by atoms with E-state index < -0.39 is 0 Å². The van der Waals surface area contributed by atoms with Crippen molar-refractivity contribution in [1.29, 1.82) is 0 Å². The number of likely N-dealkylation sites (tertiary alicyclic amines) is 1. The third kappa shape index (κ3) is 4.23. The van der Waals surface area contributed by atoms with Gasteiger partial charge < -0.3 is 15.0 Å². The Morgan fingerprint density at radius 1 is 1.24 bits per heavy atom. The quantitative estimate of drug-likeness (QED) is 0.794. The van der Waals surface area contributed by atoms with Gasteiger partial charge in [-0.05, 0) is 65.1 Å². The molecule has 2 saturated heterocycles. The highest BCUT2D eigenvalue weighted by atomic mass is 16.5. The molecule has 0 spiro atoms. The van der Waals surface area contributed by atoms with E-state index in [2.05, 4.69) is 24.1 Å². The maximum absolute atomic E-state index is 5.41. The number of rotatable bonds is 5. The Labute approximate surface area is 106 Å². The van der Waals surface area contributed by atoms with E-state index in [1.807, 2.05) is 0 Å². The van der Waals surface area contributed by atoms with Crippen LogP contribution in [0.4, 0.5) is 0 Å². The second-order valence-electron chi connectivity index (χ2n) is 5.88. The number of piperidine rings is 1. The van der Waals surface area contributed by atoms with E-state index in [1.54, 1.807) is 0 Å². The molecule has 0 aromatic heterocycles. The van der Waals surface area contributed by atoms with Crippen molar-refractivity contribution < 1.29 is 4.74 Å². The van der Waals surface area contributed by atoms with Crippen molar-refractivity contribution in [1.82, 2.24) is 10.2 Å². The van der Waals surface area contributed by atoms with E-state index >= 15 is 0 Å². The SMILES string of the molecule is CC(C)N1CCC(NCCC2CCOC2)CC1. The molecular weight excluding hydrogens is 212 g/mol. The van der Waals surface area contributed by atoms with Crippen LogP contribution < -0.4 is 5.32 Å². The minimum absolute atomic E-state index is 0.714. The van der Waals surface area contributed by atoms with Crippen molar-refractivity contribution in [3.63, 3.8) is 0 Å². The zero-order valence-electron chi connectivity index (χ0n) is 11.5. The van der Waals surface area contributed by atoms with Crippen LogP contribution in [0.2, 0.25) is 0 Å². The smallest absolute Gasteiger partial charge is 0.0495 e. The highest BCUT2D eigenvalue weighted by Gasteiger charge is 2.21. The highest BCUT2D eigenvalue weighted by molar-refractivity contribution is 4.79. The first-order chi connectivity index (χ1) is 8.25. The van der Waals surface area contributed by atoms with Gasteiger partial charge in [0, 0.05) is 25.3 Å². The largest absolute Gasteiger partial charge is 0.381 e. The molecule has 1 atom stereocenters. The molecule has 1 N–H and O–H groups in total. The molecule has 2 aliphatic rings. The van der Waals surface area contributed by atoms with Crippen LogP contribution in [0.1, 0.15) is 39.5 Å². The third-order valence-electron chi connectivity index (χ3n) is 4.27. The Morgan fingerprint density at radius 3 is 2.59 bits per heavy atom. The van der Waals surface area contributed by atoms with Gasteiger partial charge in [0.2, 0.25) is 0 Å². The van der Waals surface area contributed by atoms with Crippen LogP contribution in [0.3, 0.4) is 0 Å². The van der Waals surface area contributed by atoms with Crippen LogP contribution in [-0.4, -0.2) is 49.8 Å². The lowest BCUT2D eigenvalue weighted by Crippen LogP contribution is -2.45. The third-order valence-corrected chi connectivity index (χ3v) is 4.27. The number of nitrogens with one attached hydrogen (secondary N) is 1. The van der Waals surface area contributed by atoms with E-state index in [9.17, 15) is 0 Å². The van der Waals surface area contributed by atoms with Crippen molar-refractivity contribution in [2.75, 3.05) is 32.8 Å². The fourth-order valence-electron chi connectivity index (χ4n) is 2.92. The fourth-order valence-corrected chi connectivity index (χ4v) is 2.92. The molecular formula is C14H28N2O. The van der Waals surface area contributed by atoms with Gasteiger partial charge in [-0.2, -0.15) is 0 Å². The summed E-state index contributed by atoms with van der Waals surface area (Å²) in [7, 11) is 0. The molecule has 2 aliphatic heterocycles. The Balaban J connectivity index is 1.55. The Kier molecular flexibility index (Phi) is 5.26. The molecule has 0 amide bonds. The lowest BCUT2D eigenvalue weighted by Gasteiger charge is -2.35. The van der Waals surface area contributed by atoms with Crippen molar-refractivity contribution in [2.45, 2.75) is 51.6 Å². The summed E-state index contributed by atoms with van der Waals surface area (Å²) in [6, 6.07) is 1.47. The maximum Gasteiger partial charge on any atom is 0.0495 e. The molecule has 2 heterocycles. The molecule has 1 unspecified atom stereocenters. The van der Waals surface area contributed by atoms with Gasteiger partial charge in [0.1, 0.15) is 0 Å². The van der Waals surface area contributed by atoms with Crippen LogP contribution in [-0.2, 0) is 4.74 Å². The molecule has 0 radical (unpaired) electrons. The highest BCUT2D eigenvalue weighted by Crippen LogP contribution is 2.16. The summed E-state index contributed by atoms with van der Waals surface area (Å²) in [5.74, 6) is 0.818. The van der Waals surface area contributed by atoms with Gasteiger partial charge >= 0.3 is 0 Å². The maximum atomic E-state index is 5.41. The average molecular weight is 240 g/mol. The molecule has 2 rings (SSSR count). The summed E-state index contributed by atoms with van der Waals surface area (Å²) >= 11 is 0. The van der Waals surface area contributed by atoms with Crippen LogP contribution in [0.15, 0.2) is 0 Å². The lowest BCUT2D eigenvalue weighted by atomic mass is 10.0. The first-order valence-electron chi connectivity index (χ1n) is 7.31. The summed E-state index contributed by atoms with van der Waals surface area (Å²) in [4.78, 5) is 2.59. The van der Waals surface area contributed by atoms with Crippen LogP contribution >= 0.6 is 0 Å². The van der Waals surface area contributed by atoms with Crippen LogP contribution in [0.25, 0.3) is 0 Å². The fraction of sp³-hybridized carbons (Fsp3) is 1.00. The summed E-state index contributed by atoms with van der Waals surface area (Å²) in [5.41, 5.74) is 0. The summed E-state index contributed by atoms with van der Waals surface area (Å²) in [6.07, 6.45) is 5.20. The zero-order chi connectivity index (χ0) is 12.1. The predicted molar refractivity (Wildman–Crippen MR) is 71.3 cm³/mol. The Bertz CT molecular complexity index is 206. The van der Waals surface area contributed by atoms with Crippen molar-refractivity contribution >= 4 is 0 Å². The Hall–Kier alpha value is -0.120. The van der Waals surface area contributed by atoms with Crippen LogP contribution in [0, 0.1) is 5.92 Å². The second kappa shape index (κ2) is 6.72.